The van der Waals surface area contributed by atoms with Crippen molar-refractivity contribution in [2.45, 2.75) is 91.3 Å². The van der Waals surface area contributed by atoms with E-state index in [0.29, 0.717) is 37.6 Å². The summed E-state index contributed by atoms with van der Waals surface area (Å²) in [4.78, 5) is 51.4. The van der Waals surface area contributed by atoms with Gasteiger partial charge in [0.2, 0.25) is 0 Å². The van der Waals surface area contributed by atoms with Crippen LogP contribution in [0.15, 0.2) is 23.7 Å². The first kappa shape index (κ1) is 29.5. The van der Waals surface area contributed by atoms with Crippen molar-refractivity contribution in [3.63, 3.8) is 0 Å². The van der Waals surface area contributed by atoms with Crippen molar-refractivity contribution in [1.82, 2.24) is 0 Å². The van der Waals surface area contributed by atoms with E-state index >= 15 is 0 Å². The molecule has 0 radical (unpaired) electrons. The molecule has 41 heavy (non-hydrogen) atoms. The van der Waals surface area contributed by atoms with E-state index in [9.17, 15) is 19.2 Å². The highest BCUT2D eigenvalue weighted by atomic mass is 16.6. The third-order valence-electron chi connectivity index (χ3n) is 9.39. The summed E-state index contributed by atoms with van der Waals surface area (Å²) in [6.45, 7) is 11.9. The molecule has 0 aromatic heterocycles. The Labute approximate surface area is 241 Å². The second-order valence-electron chi connectivity index (χ2n) is 14.0. The van der Waals surface area contributed by atoms with Gasteiger partial charge >= 0.3 is 23.9 Å². The maximum absolute atomic E-state index is 13.4. The van der Waals surface area contributed by atoms with Gasteiger partial charge in [-0.2, -0.15) is 0 Å². The van der Waals surface area contributed by atoms with E-state index in [0.717, 1.165) is 25.7 Å². The summed E-state index contributed by atoms with van der Waals surface area (Å²) < 4.78 is 35.0. The Morgan fingerprint density at radius 3 is 1.37 bits per heavy atom. The summed E-state index contributed by atoms with van der Waals surface area (Å²) >= 11 is 0. The summed E-state index contributed by atoms with van der Waals surface area (Å²) in [7, 11) is 0. The van der Waals surface area contributed by atoms with Crippen LogP contribution < -0.4 is 0 Å². The van der Waals surface area contributed by atoms with Crippen LogP contribution in [-0.4, -0.2) is 61.5 Å². The highest BCUT2D eigenvalue weighted by molar-refractivity contribution is 5.88. The minimum absolute atomic E-state index is 0.0293. The molecule has 3 fully saturated rings. The molecule has 0 aromatic carbocycles. The fraction of sp³-hybridized carbons (Fsp3) is 0.742. The van der Waals surface area contributed by atoms with Crippen molar-refractivity contribution in [3.8, 4) is 0 Å². The Hall–Kier alpha value is -3.04. The monoisotopic (exact) mass is 574 g/mol. The molecular formula is C31H42O10. The van der Waals surface area contributed by atoms with E-state index in [1.54, 1.807) is 0 Å². The normalized spacial score (nSPS) is 41.2. The van der Waals surface area contributed by atoms with E-state index in [-0.39, 0.29) is 13.2 Å². The van der Waals surface area contributed by atoms with Gasteiger partial charge in [-0.3, -0.25) is 9.59 Å². The van der Waals surface area contributed by atoms with Gasteiger partial charge in [-0.15, -0.1) is 0 Å². The molecule has 10 heteroatoms. The largest absolute Gasteiger partial charge is 0.497 e. The van der Waals surface area contributed by atoms with E-state index in [1.807, 2.05) is 41.5 Å². The number of hydrogen-bond donors (Lipinski definition) is 0. The number of hydrogen-bond acceptors (Lipinski definition) is 10. The SMILES string of the molecule is CC1(C)COC(=O)C2(C)CC3(C)OC(=O)C=C(OCCCCCCOC4=CC(=O)OC5(C)CC(C)(C(=O)OC1)C45)C32. The van der Waals surface area contributed by atoms with E-state index in [4.69, 9.17) is 28.4 Å². The predicted molar refractivity (Wildman–Crippen MR) is 144 cm³/mol. The number of ether oxygens (including phenoxy) is 6. The van der Waals surface area contributed by atoms with Gasteiger partial charge in [-0.1, -0.05) is 13.8 Å². The maximum Gasteiger partial charge on any atom is 0.334 e. The molecule has 2 saturated carbocycles. The van der Waals surface area contributed by atoms with Crippen LogP contribution in [-0.2, 0) is 47.6 Å². The zero-order valence-electron chi connectivity index (χ0n) is 25.0. The van der Waals surface area contributed by atoms with Crippen LogP contribution in [0, 0.1) is 28.1 Å². The highest BCUT2D eigenvalue weighted by Gasteiger charge is 2.70. The highest BCUT2D eigenvalue weighted by Crippen LogP contribution is 2.62. The lowest BCUT2D eigenvalue weighted by Crippen LogP contribution is -2.66. The molecule has 10 nitrogen and oxygen atoms in total. The third kappa shape index (κ3) is 5.12. The van der Waals surface area contributed by atoms with E-state index in [2.05, 4.69) is 0 Å². The second-order valence-corrected chi connectivity index (χ2v) is 14.0. The molecule has 3 heterocycles. The Balaban J connectivity index is 1.34. The zero-order chi connectivity index (χ0) is 29.8. The maximum atomic E-state index is 13.4. The third-order valence-corrected chi connectivity index (χ3v) is 9.39. The summed E-state index contributed by atoms with van der Waals surface area (Å²) in [5.74, 6) is -1.74. The van der Waals surface area contributed by atoms with Crippen LogP contribution in [0.1, 0.15) is 80.1 Å². The molecule has 5 rings (SSSR count). The first-order valence-electron chi connectivity index (χ1n) is 14.6. The van der Waals surface area contributed by atoms with Crippen LogP contribution in [0.25, 0.3) is 0 Å². The first-order valence-corrected chi connectivity index (χ1v) is 14.6. The molecule has 0 aromatic rings. The van der Waals surface area contributed by atoms with Gasteiger partial charge in [-0.25, -0.2) is 9.59 Å². The minimum Gasteiger partial charge on any atom is -0.497 e. The number of cyclic esters (lactones) is 2. The van der Waals surface area contributed by atoms with Gasteiger partial charge in [0.25, 0.3) is 0 Å². The van der Waals surface area contributed by atoms with Crippen LogP contribution in [0.5, 0.6) is 0 Å². The Morgan fingerprint density at radius 1 is 0.585 bits per heavy atom. The van der Waals surface area contributed by atoms with Crippen LogP contribution in [0.3, 0.4) is 0 Å². The smallest absolute Gasteiger partial charge is 0.334 e. The molecule has 6 unspecified atom stereocenters. The van der Waals surface area contributed by atoms with Gasteiger partial charge in [0.15, 0.2) is 0 Å². The van der Waals surface area contributed by atoms with Crippen molar-refractivity contribution in [2.24, 2.45) is 28.1 Å². The quantitative estimate of drug-likeness (QED) is 0.308. The zero-order valence-corrected chi connectivity index (χ0v) is 25.0. The Kier molecular flexibility index (Phi) is 7.22. The van der Waals surface area contributed by atoms with E-state index < -0.39 is 63.2 Å². The van der Waals surface area contributed by atoms with Crippen LogP contribution in [0.2, 0.25) is 0 Å². The lowest BCUT2D eigenvalue weighted by molar-refractivity contribution is -0.229. The number of esters is 4. The molecule has 1 saturated heterocycles. The molecule has 3 aliphatic heterocycles. The molecule has 0 bridgehead atoms. The van der Waals surface area contributed by atoms with Gasteiger partial charge < -0.3 is 28.4 Å². The number of rotatable bonds is 0. The molecule has 0 spiro atoms. The molecule has 5 aliphatic rings. The van der Waals surface area contributed by atoms with Crippen molar-refractivity contribution < 1.29 is 47.6 Å². The van der Waals surface area contributed by atoms with Gasteiger partial charge in [-0.05, 0) is 53.4 Å². The Morgan fingerprint density at radius 2 is 0.976 bits per heavy atom. The lowest BCUT2D eigenvalue weighted by atomic mass is 9.51. The molecular weight excluding hydrogens is 532 g/mol. The fourth-order valence-corrected chi connectivity index (χ4v) is 7.75. The van der Waals surface area contributed by atoms with Gasteiger partial charge in [0.05, 0.1) is 61.2 Å². The van der Waals surface area contributed by atoms with Gasteiger partial charge in [0, 0.05) is 18.3 Å². The number of carbonyl (C=O) groups excluding carboxylic acids is 4. The van der Waals surface area contributed by atoms with Crippen LogP contribution in [0.4, 0.5) is 0 Å². The van der Waals surface area contributed by atoms with Crippen molar-refractivity contribution >= 4 is 23.9 Å². The molecule has 0 amide bonds. The standard InChI is InChI=1S/C31H42O10/c1-27(2)17-38-25(34)28(3)15-30(5)23(28)19(13-21(32)40-30)36-11-9-7-8-10-12-37-20-14-22(33)41-31(6)16-29(4,24(20)31)26(35)39-18-27/h13-14,23-24H,7-12,15-18H2,1-6H3. The predicted octanol–water partition coefficient (Wildman–Crippen LogP) is 4.16. The molecule has 6 atom stereocenters. The average Bonchev–Trinajstić information content (AvgIpc) is 2.84. The van der Waals surface area contributed by atoms with Crippen molar-refractivity contribution in [3.05, 3.63) is 23.7 Å². The molecule has 2 aliphatic carbocycles. The topological polar surface area (TPSA) is 124 Å². The van der Waals surface area contributed by atoms with Gasteiger partial charge in [0.1, 0.15) is 22.7 Å². The molecule has 226 valence electrons. The summed E-state index contributed by atoms with van der Waals surface area (Å²) in [5, 5.41) is 0. The van der Waals surface area contributed by atoms with Crippen molar-refractivity contribution in [2.75, 3.05) is 26.4 Å². The van der Waals surface area contributed by atoms with Crippen molar-refractivity contribution in [1.29, 1.82) is 0 Å². The van der Waals surface area contributed by atoms with Crippen LogP contribution >= 0.6 is 0 Å². The average molecular weight is 575 g/mol. The second kappa shape index (κ2) is 10.1. The summed E-state index contributed by atoms with van der Waals surface area (Å²) in [6, 6.07) is 0. The molecule has 0 N–H and O–H groups in total. The lowest BCUT2D eigenvalue weighted by Gasteiger charge is -2.58. The minimum atomic E-state index is -0.921. The fourth-order valence-electron chi connectivity index (χ4n) is 7.75. The summed E-state index contributed by atoms with van der Waals surface area (Å²) in [6.07, 6.45) is 6.57. The number of carbonyl (C=O) groups is 4. The van der Waals surface area contributed by atoms with E-state index in [1.165, 1.54) is 12.2 Å². The first-order chi connectivity index (χ1) is 19.1. The summed E-state index contributed by atoms with van der Waals surface area (Å²) in [5.41, 5.74) is -4.19. The Bertz CT molecular complexity index is 1110.